The number of hydrogen-bond donors (Lipinski definition) is 0. The van der Waals surface area contributed by atoms with Gasteiger partial charge in [-0.25, -0.2) is 0 Å². The summed E-state index contributed by atoms with van der Waals surface area (Å²) in [4.78, 5) is 16.7. The van der Waals surface area contributed by atoms with Crippen LogP contribution in [0.4, 0.5) is 0 Å². The first kappa shape index (κ1) is 18.2. The fourth-order valence-corrected chi connectivity index (χ4v) is 2.82. The van der Waals surface area contributed by atoms with E-state index in [1.54, 1.807) is 0 Å². The number of rotatable bonds is 8. The zero-order valence-electron chi connectivity index (χ0n) is 15.0. The molecule has 0 bridgehead atoms. The number of benzene rings is 2. The van der Waals surface area contributed by atoms with E-state index in [1.807, 2.05) is 42.3 Å². The topological polar surface area (TPSA) is 23.6 Å². The van der Waals surface area contributed by atoms with Gasteiger partial charge in [-0.05, 0) is 36.6 Å². The molecule has 0 aliphatic heterocycles. The first-order valence-corrected chi connectivity index (χ1v) is 8.65. The lowest BCUT2D eigenvalue weighted by Crippen LogP contribution is -2.38. The second-order valence-electron chi connectivity index (χ2n) is 6.37. The molecule has 0 saturated heterocycles. The maximum Gasteiger partial charge on any atom is 0.236 e. The number of amides is 1. The molecule has 0 atom stereocenters. The minimum absolute atomic E-state index is 0.169. The molecule has 3 heteroatoms. The molecule has 0 unspecified atom stereocenters. The normalized spacial score (nSPS) is 10.8. The first-order valence-electron chi connectivity index (χ1n) is 8.65. The van der Waals surface area contributed by atoms with Crippen LogP contribution in [0.2, 0.25) is 0 Å². The Bertz CT molecular complexity index is 639. The molecule has 2 aromatic rings. The highest BCUT2D eigenvalue weighted by Crippen LogP contribution is 2.11. The highest BCUT2D eigenvalue weighted by molar-refractivity contribution is 5.78. The molecule has 2 rings (SSSR count). The van der Waals surface area contributed by atoms with Gasteiger partial charge < -0.3 is 4.90 Å². The fraction of sp³-hybridized carbons (Fsp3) is 0.381. The predicted octanol–water partition coefficient (Wildman–Crippen LogP) is 3.87. The number of nitrogens with zero attached hydrogens (tertiary/aromatic N) is 2. The van der Waals surface area contributed by atoms with Crippen molar-refractivity contribution in [3.05, 3.63) is 71.3 Å². The van der Waals surface area contributed by atoms with Crippen molar-refractivity contribution in [1.82, 2.24) is 9.80 Å². The summed E-state index contributed by atoms with van der Waals surface area (Å²) in [5, 5.41) is 0. The van der Waals surface area contributed by atoms with E-state index >= 15 is 0 Å². The smallest absolute Gasteiger partial charge is 0.236 e. The molecule has 0 heterocycles. The van der Waals surface area contributed by atoms with Gasteiger partial charge >= 0.3 is 0 Å². The van der Waals surface area contributed by atoms with Gasteiger partial charge in [-0.1, -0.05) is 61.5 Å². The predicted molar refractivity (Wildman–Crippen MR) is 99.7 cm³/mol. The van der Waals surface area contributed by atoms with Crippen molar-refractivity contribution in [2.45, 2.75) is 33.4 Å². The number of carbonyl (C=O) groups excluding carboxylic acids is 1. The van der Waals surface area contributed by atoms with Crippen molar-refractivity contribution in [2.24, 2.45) is 0 Å². The lowest BCUT2D eigenvalue weighted by Gasteiger charge is -2.25. The average molecular weight is 324 g/mol. The van der Waals surface area contributed by atoms with Gasteiger partial charge in [-0.2, -0.15) is 0 Å². The van der Waals surface area contributed by atoms with Crippen molar-refractivity contribution >= 4 is 5.91 Å². The lowest BCUT2D eigenvalue weighted by atomic mass is 10.1. The van der Waals surface area contributed by atoms with Crippen LogP contribution < -0.4 is 0 Å². The standard InChI is InChI=1S/C21H28N2O/c1-4-14-23(15-19-11-6-5-7-12-19)17-21(24)22(3)16-20-13-9-8-10-18(20)2/h5-13H,4,14-17H2,1-3H3. The minimum Gasteiger partial charge on any atom is -0.340 e. The number of carbonyl (C=O) groups is 1. The number of hydrogen-bond acceptors (Lipinski definition) is 2. The molecule has 0 saturated carbocycles. The molecular weight excluding hydrogens is 296 g/mol. The van der Waals surface area contributed by atoms with Crippen molar-refractivity contribution < 1.29 is 4.79 Å². The molecule has 0 N–H and O–H groups in total. The summed E-state index contributed by atoms with van der Waals surface area (Å²) in [6.07, 6.45) is 1.04. The molecule has 2 aromatic carbocycles. The van der Waals surface area contributed by atoms with E-state index in [1.165, 1.54) is 16.7 Å². The summed E-state index contributed by atoms with van der Waals surface area (Å²) in [6, 6.07) is 18.6. The van der Waals surface area contributed by atoms with Crippen LogP contribution in [0.25, 0.3) is 0 Å². The van der Waals surface area contributed by atoms with Crippen LogP contribution in [0.15, 0.2) is 54.6 Å². The third-order valence-electron chi connectivity index (χ3n) is 4.24. The average Bonchev–Trinajstić information content (AvgIpc) is 2.58. The van der Waals surface area contributed by atoms with Crippen molar-refractivity contribution in [3.63, 3.8) is 0 Å². The van der Waals surface area contributed by atoms with E-state index in [0.717, 1.165) is 19.5 Å². The minimum atomic E-state index is 0.169. The molecule has 3 nitrogen and oxygen atoms in total. The van der Waals surface area contributed by atoms with Crippen molar-refractivity contribution in [3.8, 4) is 0 Å². The molecule has 1 amide bonds. The van der Waals surface area contributed by atoms with Gasteiger partial charge in [-0.15, -0.1) is 0 Å². The Kier molecular flexibility index (Phi) is 7.01. The summed E-state index contributed by atoms with van der Waals surface area (Å²) in [5.41, 5.74) is 3.69. The Morgan fingerprint density at radius 2 is 1.62 bits per heavy atom. The summed E-state index contributed by atoms with van der Waals surface area (Å²) in [5.74, 6) is 0.169. The van der Waals surface area contributed by atoms with Gasteiger partial charge in [0.25, 0.3) is 0 Å². The Morgan fingerprint density at radius 3 is 2.29 bits per heavy atom. The number of likely N-dealkylation sites (N-methyl/N-ethyl adjacent to an activating group) is 1. The first-order chi connectivity index (χ1) is 11.6. The van der Waals surface area contributed by atoms with Gasteiger partial charge in [-0.3, -0.25) is 9.69 Å². The molecule has 0 aliphatic carbocycles. The highest BCUT2D eigenvalue weighted by atomic mass is 16.2. The van der Waals surface area contributed by atoms with Crippen LogP contribution in [0.1, 0.15) is 30.0 Å². The summed E-state index contributed by atoms with van der Waals surface area (Å²) in [6.45, 7) is 7.12. The van der Waals surface area contributed by atoms with Gasteiger partial charge in [0.2, 0.25) is 5.91 Å². The molecule has 128 valence electrons. The third-order valence-corrected chi connectivity index (χ3v) is 4.24. The Morgan fingerprint density at radius 1 is 0.958 bits per heavy atom. The van der Waals surface area contributed by atoms with Crippen LogP contribution in [-0.2, 0) is 17.9 Å². The quantitative estimate of drug-likeness (QED) is 0.736. The molecule has 0 fully saturated rings. The largest absolute Gasteiger partial charge is 0.340 e. The van der Waals surface area contributed by atoms with E-state index < -0.39 is 0 Å². The second kappa shape index (κ2) is 9.24. The molecule has 0 radical (unpaired) electrons. The number of aryl methyl sites for hydroxylation is 1. The van der Waals surface area contributed by atoms with Gasteiger partial charge in [0, 0.05) is 20.1 Å². The zero-order valence-corrected chi connectivity index (χ0v) is 15.0. The molecular formula is C21H28N2O. The van der Waals surface area contributed by atoms with Gasteiger partial charge in [0.05, 0.1) is 6.54 Å². The lowest BCUT2D eigenvalue weighted by molar-refractivity contribution is -0.131. The Labute approximate surface area is 145 Å². The van der Waals surface area contributed by atoms with Crippen LogP contribution in [-0.4, -0.2) is 35.8 Å². The van der Waals surface area contributed by atoms with Crippen LogP contribution in [0.5, 0.6) is 0 Å². The van der Waals surface area contributed by atoms with Gasteiger partial charge in [0.15, 0.2) is 0 Å². The highest BCUT2D eigenvalue weighted by Gasteiger charge is 2.15. The summed E-state index contributed by atoms with van der Waals surface area (Å²) in [7, 11) is 1.89. The molecule has 0 aromatic heterocycles. The molecule has 0 aliphatic rings. The summed E-state index contributed by atoms with van der Waals surface area (Å²) < 4.78 is 0. The van der Waals surface area contributed by atoms with E-state index in [2.05, 4.69) is 43.0 Å². The van der Waals surface area contributed by atoms with Crippen LogP contribution in [0.3, 0.4) is 0 Å². The molecule has 0 spiro atoms. The van der Waals surface area contributed by atoms with E-state index in [0.29, 0.717) is 13.1 Å². The second-order valence-corrected chi connectivity index (χ2v) is 6.37. The van der Waals surface area contributed by atoms with Crippen LogP contribution in [0, 0.1) is 6.92 Å². The monoisotopic (exact) mass is 324 g/mol. The Hall–Kier alpha value is -2.13. The van der Waals surface area contributed by atoms with E-state index in [-0.39, 0.29) is 5.91 Å². The SMILES string of the molecule is CCCN(CC(=O)N(C)Cc1ccccc1C)Cc1ccccc1. The van der Waals surface area contributed by atoms with E-state index in [4.69, 9.17) is 0 Å². The fourth-order valence-electron chi connectivity index (χ4n) is 2.82. The maximum absolute atomic E-state index is 12.6. The van der Waals surface area contributed by atoms with Crippen molar-refractivity contribution in [1.29, 1.82) is 0 Å². The third kappa shape index (κ3) is 5.50. The van der Waals surface area contributed by atoms with E-state index in [9.17, 15) is 4.79 Å². The zero-order chi connectivity index (χ0) is 17.4. The van der Waals surface area contributed by atoms with Crippen LogP contribution >= 0.6 is 0 Å². The summed E-state index contributed by atoms with van der Waals surface area (Å²) >= 11 is 0. The van der Waals surface area contributed by atoms with Gasteiger partial charge in [0.1, 0.15) is 0 Å². The Balaban J connectivity index is 1.95. The maximum atomic E-state index is 12.6. The molecule has 24 heavy (non-hydrogen) atoms. The van der Waals surface area contributed by atoms with Crippen molar-refractivity contribution in [2.75, 3.05) is 20.1 Å².